The van der Waals surface area contributed by atoms with Crippen molar-refractivity contribution in [3.63, 3.8) is 0 Å². The molecule has 3 aromatic rings. The number of aryl methyl sites for hydroxylation is 2. The molecule has 3 rings (SSSR count). The largest absolute Gasteiger partial charge is 0.326 e. The standard InChI is InChI=1S/C20H18N4O2/c1-14-3-2-4-17-19(14)22-13-24(20(17)26)12-10-18(25)23-16-7-5-15(6-8-16)9-11-21/h2-8,13H,9-10,12H2,1H3,(H,23,25). The summed E-state index contributed by atoms with van der Waals surface area (Å²) in [7, 11) is 0. The Hall–Kier alpha value is -3.46. The van der Waals surface area contributed by atoms with E-state index in [1.165, 1.54) is 10.9 Å². The van der Waals surface area contributed by atoms with Crippen molar-refractivity contribution in [3.05, 3.63) is 70.3 Å². The highest BCUT2D eigenvalue weighted by molar-refractivity contribution is 5.90. The second kappa shape index (κ2) is 7.62. The molecule has 26 heavy (non-hydrogen) atoms. The number of rotatable bonds is 5. The molecule has 1 aromatic heterocycles. The highest BCUT2D eigenvalue weighted by Gasteiger charge is 2.08. The first-order valence-corrected chi connectivity index (χ1v) is 8.29. The van der Waals surface area contributed by atoms with Gasteiger partial charge in [0.25, 0.3) is 5.56 Å². The Balaban J connectivity index is 1.66. The number of nitrogens with one attached hydrogen (secondary N) is 1. The van der Waals surface area contributed by atoms with Crippen LogP contribution in [0.5, 0.6) is 0 Å². The van der Waals surface area contributed by atoms with Crippen LogP contribution in [0, 0.1) is 18.3 Å². The van der Waals surface area contributed by atoms with Crippen LogP contribution in [0.3, 0.4) is 0 Å². The van der Waals surface area contributed by atoms with Gasteiger partial charge in [0.1, 0.15) is 0 Å². The molecule has 0 unspecified atom stereocenters. The van der Waals surface area contributed by atoms with E-state index in [2.05, 4.69) is 16.4 Å². The zero-order chi connectivity index (χ0) is 18.5. The highest BCUT2D eigenvalue weighted by atomic mass is 16.1. The average molecular weight is 346 g/mol. The van der Waals surface area contributed by atoms with Crippen LogP contribution in [0.4, 0.5) is 5.69 Å². The predicted molar refractivity (Wildman–Crippen MR) is 99.7 cm³/mol. The summed E-state index contributed by atoms with van der Waals surface area (Å²) < 4.78 is 1.46. The summed E-state index contributed by atoms with van der Waals surface area (Å²) in [6.07, 6.45) is 1.99. The van der Waals surface area contributed by atoms with Crippen molar-refractivity contribution in [3.8, 4) is 6.07 Å². The van der Waals surface area contributed by atoms with E-state index in [1.54, 1.807) is 30.3 Å². The van der Waals surface area contributed by atoms with Gasteiger partial charge in [-0.15, -0.1) is 0 Å². The van der Waals surface area contributed by atoms with Crippen LogP contribution in [0.15, 0.2) is 53.6 Å². The maximum atomic E-state index is 12.5. The minimum atomic E-state index is -0.186. The number of hydrogen-bond donors (Lipinski definition) is 1. The van der Waals surface area contributed by atoms with Gasteiger partial charge in [-0.05, 0) is 36.2 Å². The van der Waals surface area contributed by atoms with Gasteiger partial charge in [0.15, 0.2) is 0 Å². The van der Waals surface area contributed by atoms with Gasteiger partial charge in [-0.3, -0.25) is 14.2 Å². The topological polar surface area (TPSA) is 87.8 Å². The molecule has 130 valence electrons. The number of benzene rings is 2. The lowest BCUT2D eigenvalue weighted by atomic mass is 10.1. The monoisotopic (exact) mass is 346 g/mol. The maximum absolute atomic E-state index is 12.5. The third kappa shape index (κ3) is 3.78. The fourth-order valence-corrected chi connectivity index (χ4v) is 2.74. The van der Waals surface area contributed by atoms with Gasteiger partial charge in [0.2, 0.25) is 5.91 Å². The zero-order valence-electron chi connectivity index (χ0n) is 14.4. The van der Waals surface area contributed by atoms with Crippen LogP contribution in [-0.4, -0.2) is 15.5 Å². The Kier molecular flexibility index (Phi) is 5.09. The number of nitriles is 1. The van der Waals surface area contributed by atoms with Crippen LogP contribution in [0.1, 0.15) is 17.5 Å². The number of carbonyl (C=O) groups excluding carboxylic acids is 1. The minimum Gasteiger partial charge on any atom is -0.326 e. The molecule has 0 spiro atoms. The summed E-state index contributed by atoms with van der Waals surface area (Å²) in [5.41, 5.74) is 3.05. The number of hydrogen-bond acceptors (Lipinski definition) is 4. The van der Waals surface area contributed by atoms with Crippen molar-refractivity contribution < 1.29 is 4.79 Å². The van der Waals surface area contributed by atoms with E-state index in [9.17, 15) is 9.59 Å². The van der Waals surface area contributed by atoms with E-state index < -0.39 is 0 Å². The van der Waals surface area contributed by atoms with Gasteiger partial charge in [-0.2, -0.15) is 5.26 Å². The average Bonchev–Trinajstić information content (AvgIpc) is 2.64. The van der Waals surface area contributed by atoms with Gasteiger partial charge >= 0.3 is 0 Å². The van der Waals surface area contributed by atoms with Crippen molar-refractivity contribution in [2.75, 3.05) is 5.32 Å². The fraction of sp³-hybridized carbons (Fsp3) is 0.200. The number of para-hydroxylation sites is 1. The first-order valence-electron chi connectivity index (χ1n) is 8.29. The molecule has 0 saturated carbocycles. The quantitative estimate of drug-likeness (QED) is 0.769. The molecule has 0 radical (unpaired) electrons. The van der Waals surface area contributed by atoms with Gasteiger partial charge in [-0.1, -0.05) is 24.3 Å². The Morgan fingerprint density at radius 2 is 2.00 bits per heavy atom. The Morgan fingerprint density at radius 1 is 1.23 bits per heavy atom. The molecular formula is C20H18N4O2. The van der Waals surface area contributed by atoms with Crippen LogP contribution >= 0.6 is 0 Å². The Labute approximate surface area is 150 Å². The van der Waals surface area contributed by atoms with E-state index in [0.29, 0.717) is 23.0 Å². The SMILES string of the molecule is Cc1cccc2c(=O)n(CCC(=O)Nc3ccc(CC#N)cc3)cnc12. The summed E-state index contributed by atoms with van der Waals surface area (Å²) in [4.78, 5) is 29.0. The molecular weight excluding hydrogens is 328 g/mol. The maximum Gasteiger partial charge on any atom is 0.261 e. The minimum absolute atomic E-state index is 0.146. The molecule has 6 heteroatoms. The van der Waals surface area contributed by atoms with Crippen molar-refractivity contribution in [2.45, 2.75) is 26.3 Å². The van der Waals surface area contributed by atoms with Crippen LogP contribution in [-0.2, 0) is 17.8 Å². The van der Waals surface area contributed by atoms with Crippen molar-refractivity contribution in [2.24, 2.45) is 0 Å². The molecule has 1 N–H and O–H groups in total. The molecule has 1 heterocycles. The van der Waals surface area contributed by atoms with Gasteiger partial charge < -0.3 is 5.32 Å². The number of fused-ring (bicyclic) bond motifs is 1. The highest BCUT2D eigenvalue weighted by Crippen LogP contribution is 2.12. The second-order valence-electron chi connectivity index (χ2n) is 6.04. The van der Waals surface area contributed by atoms with E-state index in [1.807, 2.05) is 19.1 Å². The van der Waals surface area contributed by atoms with E-state index in [0.717, 1.165) is 11.1 Å². The summed E-state index contributed by atoms with van der Waals surface area (Å²) in [6, 6.07) is 14.7. The second-order valence-corrected chi connectivity index (χ2v) is 6.04. The third-order valence-corrected chi connectivity index (χ3v) is 4.16. The van der Waals surface area contributed by atoms with Gasteiger partial charge in [0, 0.05) is 18.7 Å². The Bertz CT molecular complexity index is 1050. The summed E-state index contributed by atoms with van der Waals surface area (Å²) >= 11 is 0. The molecule has 0 atom stereocenters. The Morgan fingerprint density at radius 3 is 2.73 bits per heavy atom. The van der Waals surface area contributed by atoms with Crippen LogP contribution < -0.4 is 10.9 Å². The van der Waals surface area contributed by atoms with E-state index in [-0.39, 0.29) is 24.4 Å². The van der Waals surface area contributed by atoms with Crippen molar-refractivity contribution in [1.29, 1.82) is 5.26 Å². The third-order valence-electron chi connectivity index (χ3n) is 4.16. The van der Waals surface area contributed by atoms with E-state index in [4.69, 9.17) is 5.26 Å². The molecule has 0 bridgehead atoms. The lowest BCUT2D eigenvalue weighted by Gasteiger charge is -2.09. The molecule has 6 nitrogen and oxygen atoms in total. The first-order chi connectivity index (χ1) is 12.6. The molecule has 0 aliphatic heterocycles. The van der Waals surface area contributed by atoms with Gasteiger partial charge in [-0.25, -0.2) is 4.98 Å². The first kappa shape index (κ1) is 17.4. The summed E-state index contributed by atoms with van der Waals surface area (Å²) in [5, 5.41) is 12.0. The number of carbonyl (C=O) groups is 1. The van der Waals surface area contributed by atoms with Gasteiger partial charge in [0.05, 0.1) is 29.7 Å². The van der Waals surface area contributed by atoms with E-state index >= 15 is 0 Å². The normalized spacial score (nSPS) is 10.5. The number of anilines is 1. The fourth-order valence-electron chi connectivity index (χ4n) is 2.74. The molecule has 2 aromatic carbocycles. The summed E-state index contributed by atoms with van der Waals surface area (Å²) in [6.45, 7) is 2.17. The molecule has 0 aliphatic carbocycles. The summed E-state index contributed by atoms with van der Waals surface area (Å²) in [5.74, 6) is -0.186. The predicted octanol–water partition coefficient (Wildman–Crippen LogP) is 2.80. The van der Waals surface area contributed by atoms with Crippen molar-refractivity contribution in [1.82, 2.24) is 9.55 Å². The van der Waals surface area contributed by atoms with Crippen molar-refractivity contribution >= 4 is 22.5 Å². The number of nitrogens with zero attached hydrogens (tertiary/aromatic N) is 3. The molecule has 0 saturated heterocycles. The van der Waals surface area contributed by atoms with Crippen LogP contribution in [0.2, 0.25) is 0 Å². The smallest absolute Gasteiger partial charge is 0.261 e. The number of amides is 1. The zero-order valence-corrected chi connectivity index (χ0v) is 14.4. The van der Waals surface area contributed by atoms with Crippen LogP contribution in [0.25, 0.3) is 10.9 Å². The lowest BCUT2D eigenvalue weighted by molar-refractivity contribution is -0.116. The number of aromatic nitrogens is 2. The molecule has 1 amide bonds. The lowest BCUT2D eigenvalue weighted by Crippen LogP contribution is -2.23. The molecule has 0 aliphatic rings. The molecule has 0 fully saturated rings.